The second kappa shape index (κ2) is 8.91. The van der Waals surface area contributed by atoms with E-state index in [0.29, 0.717) is 16.5 Å². The van der Waals surface area contributed by atoms with Gasteiger partial charge in [0.05, 0.1) is 5.75 Å². The molecule has 1 heterocycles. The quantitative estimate of drug-likeness (QED) is 0.449. The minimum atomic E-state index is -2.89. The number of nitrogens with two attached hydrogens (primary N) is 1. The Kier molecular flexibility index (Phi) is 6.32. The lowest BCUT2D eigenvalue weighted by atomic mass is 10.1. The van der Waals surface area contributed by atoms with Crippen molar-refractivity contribution < 1.29 is 18.3 Å². The van der Waals surface area contributed by atoms with Crippen molar-refractivity contribution in [3.63, 3.8) is 0 Å². The Morgan fingerprint density at radius 1 is 1.21 bits per heavy atom. The molecule has 0 radical (unpaired) electrons. The number of halogens is 2. The van der Waals surface area contributed by atoms with Crippen LogP contribution in [0.5, 0.6) is 5.75 Å². The number of hydrogen-bond acceptors (Lipinski definition) is 6. The molecule has 152 valence electrons. The standard InChI is InChI=1S/C19H19F2N5O2S/c1-11-3-4-12(2)15(9-11)23-16(27)10-29-19-25-24-17(26(19)22)13-5-7-14(8-6-13)28-18(20)21/h3-9,18H,10,22H2,1-2H3,(H,23,27). The summed E-state index contributed by atoms with van der Waals surface area (Å²) in [6, 6.07) is 11.7. The maximum Gasteiger partial charge on any atom is 0.387 e. The number of hydrogen-bond donors (Lipinski definition) is 2. The summed E-state index contributed by atoms with van der Waals surface area (Å²) in [5, 5.41) is 11.2. The van der Waals surface area contributed by atoms with Crippen LogP contribution in [0, 0.1) is 13.8 Å². The van der Waals surface area contributed by atoms with E-state index in [1.807, 2.05) is 32.0 Å². The van der Waals surface area contributed by atoms with Gasteiger partial charge in [0.2, 0.25) is 11.1 Å². The average Bonchev–Trinajstić information content (AvgIpc) is 3.04. The van der Waals surface area contributed by atoms with Crippen LogP contribution in [0.4, 0.5) is 14.5 Å². The molecule has 7 nitrogen and oxygen atoms in total. The van der Waals surface area contributed by atoms with Crippen LogP contribution in [0.2, 0.25) is 0 Å². The predicted octanol–water partition coefficient (Wildman–Crippen LogP) is 3.61. The summed E-state index contributed by atoms with van der Waals surface area (Å²) in [5.74, 6) is 6.30. The molecule has 3 N–H and O–H groups in total. The van der Waals surface area contributed by atoms with E-state index in [4.69, 9.17) is 5.84 Å². The third-order valence-corrected chi connectivity index (χ3v) is 4.94. The Labute approximate surface area is 170 Å². The predicted molar refractivity (Wildman–Crippen MR) is 108 cm³/mol. The first kappa shape index (κ1) is 20.6. The van der Waals surface area contributed by atoms with Gasteiger partial charge in [-0.3, -0.25) is 4.79 Å². The number of aromatic nitrogens is 3. The lowest BCUT2D eigenvalue weighted by Crippen LogP contribution is -2.17. The van der Waals surface area contributed by atoms with Gasteiger partial charge in [0.25, 0.3) is 0 Å². The number of nitrogens with zero attached hydrogens (tertiary/aromatic N) is 3. The fourth-order valence-electron chi connectivity index (χ4n) is 2.54. The zero-order chi connectivity index (χ0) is 21.0. The molecule has 0 saturated heterocycles. The van der Waals surface area contributed by atoms with Gasteiger partial charge in [-0.2, -0.15) is 8.78 Å². The van der Waals surface area contributed by atoms with E-state index in [9.17, 15) is 13.6 Å². The Balaban J connectivity index is 1.63. The molecule has 0 bridgehead atoms. The van der Waals surface area contributed by atoms with Crippen LogP contribution < -0.4 is 15.9 Å². The number of anilines is 1. The van der Waals surface area contributed by atoms with Crippen LogP contribution >= 0.6 is 11.8 Å². The van der Waals surface area contributed by atoms with Gasteiger partial charge in [0.1, 0.15) is 5.75 Å². The molecule has 0 atom stereocenters. The Bertz CT molecular complexity index is 1010. The van der Waals surface area contributed by atoms with Crippen LogP contribution in [0.15, 0.2) is 47.6 Å². The summed E-state index contributed by atoms with van der Waals surface area (Å²) in [7, 11) is 0. The van der Waals surface area contributed by atoms with Crippen LogP contribution in [-0.2, 0) is 4.79 Å². The number of ether oxygens (including phenoxy) is 1. The number of amides is 1. The smallest absolute Gasteiger partial charge is 0.387 e. The van der Waals surface area contributed by atoms with Gasteiger partial charge in [-0.1, -0.05) is 23.9 Å². The molecule has 0 aliphatic rings. The number of aryl methyl sites for hydroxylation is 2. The molecule has 2 aromatic carbocycles. The zero-order valence-electron chi connectivity index (χ0n) is 15.7. The number of thioether (sulfide) groups is 1. The van der Waals surface area contributed by atoms with E-state index in [1.165, 1.54) is 16.8 Å². The Morgan fingerprint density at radius 2 is 1.93 bits per heavy atom. The van der Waals surface area contributed by atoms with Crippen molar-refractivity contribution in [2.75, 3.05) is 16.9 Å². The molecule has 0 aliphatic heterocycles. The molecule has 0 unspecified atom stereocenters. The van der Waals surface area contributed by atoms with Gasteiger partial charge in [0.15, 0.2) is 5.82 Å². The first-order valence-electron chi connectivity index (χ1n) is 8.59. The maximum absolute atomic E-state index is 12.3. The molecule has 3 rings (SSSR count). The lowest BCUT2D eigenvalue weighted by molar-refractivity contribution is -0.113. The van der Waals surface area contributed by atoms with E-state index >= 15 is 0 Å². The summed E-state index contributed by atoms with van der Waals surface area (Å²) in [6.45, 7) is 0.980. The minimum absolute atomic E-state index is 0.0320. The van der Waals surface area contributed by atoms with Gasteiger partial charge < -0.3 is 15.9 Å². The highest BCUT2D eigenvalue weighted by Crippen LogP contribution is 2.24. The first-order valence-corrected chi connectivity index (χ1v) is 9.57. The molecule has 1 aromatic heterocycles. The summed E-state index contributed by atoms with van der Waals surface area (Å²) in [4.78, 5) is 12.3. The molecular formula is C19H19F2N5O2S. The van der Waals surface area contributed by atoms with Gasteiger partial charge in [-0.05, 0) is 55.3 Å². The van der Waals surface area contributed by atoms with Crippen LogP contribution in [-0.4, -0.2) is 33.1 Å². The van der Waals surface area contributed by atoms with Crippen molar-refractivity contribution in [1.29, 1.82) is 0 Å². The van der Waals surface area contributed by atoms with Crippen molar-refractivity contribution >= 4 is 23.4 Å². The van der Waals surface area contributed by atoms with E-state index < -0.39 is 6.61 Å². The van der Waals surface area contributed by atoms with Gasteiger partial charge in [-0.25, -0.2) is 4.68 Å². The molecule has 29 heavy (non-hydrogen) atoms. The average molecular weight is 419 g/mol. The lowest BCUT2D eigenvalue weighted by Gasteiger charge is -2.09. The number of nitrogens with one attached hydrogen (secondary N) is 1. The van der Waals surface area contributed by atoms with Gasteiger partial charge >= 0.3 is 6.61 Å². The second-order valence-corrected chi connectivity index (χ2v) is 7.18. The topological polar surface area (TPSA) is 95.1 Å². The zero-order valence-corrected chi connectivity index (χ0v) is 16.5. The molecular weight excluding hydrogens is 400 g/mol. The molecule has 3 aromatic rings. The first-order chi connectivity index (χ1) is 13.8. The fourth-order valence-corrected chi connectivity index (χ4v) is 3.20. The van der Waals surface area contributed by atoms with Gasteiger partial charge in [-0.15, -0.1) is 10.2 Å². The van der Waals surface area contributed by atoms with Crippen molar-refractivity contribution in [1.82, 2.24) is 14.9 Å². The number of alkyl halides is 2. The SMILES string of the molecule is Cc1ccc(C)c(NC(=O)CSc2nnc(-c3ccc(OC(F)F)cc3)n2N)c1. The summed E-state index contributed by atoms with van der Waals surface area (Å²) >= 11 is 1.14. The third kappa shape index (κ3) is 5.23. The number of benzene rings is 2. The van der Waals surface area contributed by atoms with Crippen LogP contribution in [0.25, 0.3) is 11.4 Å². The maximum atomic E-state index is 12.3. The molecule has 0 aliphatic carbocycles. The summed E-state index contributed by atoms with van der Waals surface area (Å²) < 4.78 is 30.0. The van der Waals surface area contributed by atoms with E-state index in [0.717, 1.165) is 28.6 Å². The highest BCUT2D eigenvalue weighted by Gasteiger charge is 2.15. The largest absolute Gasteiger partial charge is 0.435 e. The number of rotatable bonds is 7. The number of carbonyl (C=O) groups is 1. The number of nitrogen functional groups attached to an aromatic ring is 1. The highest BCUT2D eigenvalue weighted by atomic mass is 32.2. The molecule has 0 spiro atoms. The third-order valence-electron chi connectivity index (χ3n) is 4.00. The van der Waals surface area contributed by atoms with E-state index in [1.54, 1.807) is 12.1 Å². The molecule has 0 fully saturated rings. The van der Waals surface area contributed by atoms with Crippen molar-refractivity contribution in [3.8, 4) is 17.1 Å². The van der Waals surface area contributed by atoms with Crippen molar-refractivity contribution in [2.45, 2.75) is 25.6 Å². The summed E-state index contributed by atoms with van der Waals surface area (Å²) in [5.41, 5.74) is 3.36. The van der Waals surface area contributed by atoms with Gasteiger partial charge in [0, 0.05) is 11.3 Å². The highest BCUT2D eigenvalue weighted by molar-refractivity contribution is 7.99. The van der Waals surface area contributed by atoms with Crippen molar-refractivity contribution in [2.24, 2.45) is 0 Å². The normalized spacial score (nSPS) is 10.9. The Hall–Kier alpha value is -3.14. The van der Waals surface area contributed by atoms with Crippen molar-refractivity contribution in [3.05, 3.63) is 53.6 Å². The fraction of sp³-hybridized carbons (Fsp3) is 0.211. The molecule has 0 saturated carbocycles. The van der Waals surface area contributed by atoms with Crippen LogP contribution in [0.3, 0.4) is 0 Å². The monoisotopic (exact) mass is 419 g/mol. The summed E-state index contributed by atoms with van der Waals surface area (Å²) in [6.07, 6.45) is 0. The molecule has 1 amide bonds. The molecule has 10 heteroatoms. The second-order valence-electron chi connectivity index (χ2n) is 6.23. The van der Waals surface area contributed by atoms with E-state index in [2.05, 4.69) is 20.3 Å². The Morgan fingerprint density at radius 3 is 2.62 bits per heavy atom. The van der Waals surface area contributed by atoms with E-state index in [-0.39, 0.29) is 17.4 Å². The number of carbonyl (C=O) groups excluding carboxylic acids is 1. The van der Waals surface area contributed by atoms with Crippen LogP contribution in [0.1, 0.15) is 11.1 Å². The minimum Gasteiger partial charge on any atom is -0.435 e.